The van der Waals surface area contributed by atoms with E-state index in [4.69, 9.17) is 17.0 Å². The van der Waals surface area contributed by atoms with Gasteiger partial charge in [0.2, 0.25) is 0 Å². The Balaban J connectivity index is 3.10. The average molecular weight is 227 g/mol. The summed E-state index contributed by atoms with van der Waals surface area (Å²) in [5.41, 5.74) is 0.244. The van der Waals surface area contributed by atoms with Crippen molar-refractivity contribution in [3.8, 4) is 0 Å². The van der Waals surface area contributed by atoms with E-state index in [1.54, 1.807) is 30.3 Å². The van der Waals surface area contributed by atoms with Crippen molar-refractivity contribution in [3.05, 3.63) is 42.0 Å². The minimum absolute atomic E-state index is 0.166. The van der Waals surface area contributed by atoms with E-state index in [9.17, 15) is 9.59 Å². The molecule has 0 atom stereocenters. The molecule has 0 aromatic heterocycles. The SMILES string of the molecule is O=C(/C=C(\C(=O)O)c1ccccc1)OCl. The molecule has 0 aliphatic heterocycles. The summed E-state index contributed by atoms with van der Waals surface area (Å²) >= 11 is 4.80. The van der Waals surface area contributed by atoms with Gasteiger partial charge in [0.25, 0.3) is 0 Å². The van der Waals surface area contributed by atoms with Crippen LogP contribution in [0, 0.1) is 0 Å². The zero-order valence-electron chi connectivity index (χ0n) is 7.51. The quantitative estimate of drug-likeness (QED) is 0.799. The maximum atomic E-state index is 10.8. The van der Waals surface area contributed by atoms with E-state index in [1.807, 2.05) is 0 Å². The molecule has 1 rings (SSSR count). The zero-order chi connectivity index (χ0) is 11.3. The van der Waals surface area contributed by atoms with Crippen LogP contribution in [-0.4, -0.2) is 17.0 Å². The van der Waals surface area contributed by atoms with Crippen LogP contribution < -0.4 is 0 Å². The molecule has 0 saturated carbocycles. The summed E-state index contributed by atoms with van der Waals surface area (Å²) in [6.07, 6.45) is 0.824. The molecule has 1 aromatic carbocycles. The third kappa shape index (κ3) is 3.11. The number of carboxylic acids is 1. The summed E-state index contributed by atoms with van der Waals surface area (Å²) < 4.78 is 3.85. The van der Waals surface area contributed by atoms with Gasteiger partial charge in [0, 0.05) is 6.08 Å². The maximum absolute atomic E-state index is 10.8. The Bertz CT molecular complexity index is 397. The Morgan fingerprint density at radius 3 is 2.33 bits per heavy atom. The van der Waals surface area contributed by atoms with Gasteiger partial charge in [-0.2, -0.15) is 0 Å². The van der Waals surface area contributed by atoms with Gasteiger partial charge in [0.15, 0.2) is 0 Å². The minimum Gasteiger partial charge on any atom is -0.478 e. The fourth-order valence-electron chi connectivity index (χ4n) is 1.03. The first-order valence-electron chi connectivity index (χ1n) is 3.98. The predicted molar refractivity (Wildman–Crippen MR) is 54.0 cm³/mol. The second-order valence-corrected chi connectivity index (χ2v) is 2.78. The molecule has 0 bridgehead atoms. The molecule has 15 heavy (non-hydrogen) atoms. The molecule has 0 heterocycles. The molecule has 4 nitrogen and oxygen atoms in total. The van der Waals surface area contributed by atoms with Crippen LogP contribution in [0.4, 0.5) is 0 Å². The van der Waals surface area contributed by atoms with Gasteiger partial charge < -0.3 is 9.40 Å². The Labute approximate surface area is 90.9 Å². The van der Waals surface area contributed by atoms with Crippen LogP contribution in [0.25, 0.3) is 5.57 Å². The second-order valence-electron chi connectivity index (χ2n) is 2.63. The topological polar surface area (TPSA) is 63.6 Å². The standard InChI is InChI=1S/C10H7ClO4/c11-15-9(12)6-8(10(13)14)7-4-2-1-3-5-7/h1-6H,(H,13,14)/b8-6-. The van der Waals surface area contributed by atoms with E-state index in [1.165, 1.54) is 0 Å². The number of halogens is 1. The van der Waals surface area contributed by atoms with Crippen molar-refractivity contribution >= 4 is 29.4 Å². The summed E-state index contributed by atoms with van der Waals surface area (Å²) in [5, 5.41) is 8.85. The maximum Gasteiger partial charge on any atom is 0.349 e. The molecular formula is C10H7ClO4. The third-order valence-corrected chi connectivity index (χ3v) is 1.81. The molecule has 0 spiro atoms. The number of benzene rings is 1. The lowest BCUT2D eigenvalue weighted by molar-refractivity contribution is -0.132. The van der Waals surface area contributed by atoms with Crippen LogP contribution in [0.2, 0.25) is 0 Å². The second kappa shape index (κ2) is 5.17. The van der Waals surface area contributed by atoms with Crippen LogP contribution in [-0.2, 0) is 13.9 Å². The summed E-state index contributed by atoms with van der Waals surface area (Å²) in [4.78, 5) is 21.6. The van der Waals surface area contributed by atoms with Crippen LogP contribution in [0.15, 0.2) is 36.4 Å². The number of aliphatic carboxylic acids is 1. The number of carbonyl (C=O) groups excluding carboxylic acids is 1. The van der Waals surface area contributed by atoms with E-state index in [-0.39, 0.29) is 5.57 Å². The minimum atomic E-state index is -1.22. The fraction of sp³-hybridized carbons (Fsp3) is 0. The molecule has 0 radical (unpaired) electrons. The number of hydrogen-bond acceptors (Lipinski definition) is 3. The van der Waals surface area contributed by atoms with Crippen molar-refractivity contribution in [1.82, 2.24) is 0 Å². The zero-order valence-corrected chi connectivity index (χ0v) is 8.27. The summed E-state index contributed by atoms with van der Waals surface area (Å²) in [6.45, 7) is 0. The van der Waals surface area contributed by atoms with Crippen molar-refractivity contribution in [2.24, 2.45) is 0 Å². The van der Waals surface area contributed by atoms with E-state index in [2.05, 4.69) is 4.29 Å². The molecule has 0 amide bonds. The molecule has 0 saturated heterocycles. The lowest BCUT2D eigenvalue weighted by Crippen LogP contribution is -2.03. The van der Waals surface area contributed by atoms with Gasteiger partial charge in [-0.25, -0.2) is 9.59 Å². The van der Waals surface area contributed by atoms with Gasteiger partial charge in [-0.1, -0.05) is 30.3 Å². The normalized spacial score (nSPS) is 10.9. The number of carboxylic acid groups (broad SMARTS) is 1. The molecule has 1 N–H and O–H groups in total. The van der Waals surface area contributed by atoms with Crippen molar-refractivity contribution in [1.29, 1.82) is 0 Å². The monoisotopic (exact) mass is 226 g/mol. The van der Waals surface area contributed by atoms with Gasteiger partial charge in [-0.3, -0.25) is 0 Å². The first kappa shape index (κ1) is 11.3. The van der Waals surface area contributed by atoms with Gasteiger partial charge in [-0.05, 0) is 5.56 Å². The lowest BCUT2D eigenvalue weighted by atomic mass is 10.1. The van der Waals surface area contributed by atoms with Crippen molar-refractivity contribution in [3.63, 3.8) is 0 Å². The molecule has 5 heteroatoms. The van der Waals surface area contributed by atoms with Crippen LogP contribution in [0.5, 0.6) is 0 Å². The van der Waals surface area contributed by atoms with Gasteiger partial charge in [-0.15, -0.1) is 0 Å². The highest BCUT2D eigenvalue weighted by Crippen LogP contribution is 2.14. The van der Waals surface area contributed by atoms with Crippen LogP contribution in [0.1, 0.15) is 5.56 Å². The van der Waals surface area contributed by atoms with E-state index in [0.29, 0.717) is 5.56 Å². The van der Waals surface area contributed by atoms with Gasteiger partial charge in [0.05, 0.1) is 5.57 Å². The van der Waals surface area contributed by atoms with E-state index in [0.717, 1.165) is 6.08 Å². The Morgan fingerprint density at radius 1 is 1.27 bits per heavy atom. The number of rotatable bonds is 3. The molecule has 78 valence electrons. The number of carbonyl (C=O) groups is 2. The average Bonchev–Trinajstić information content (AvgIpc) is 2.26. The molecule has 1 aromatic rings. The number of hydrogen-bond donors (Lipinski definition) is 1. The highest BCUT2D eigenvalue weighted by atomic mass is 35.5. The Hall–Kier alpha value is -1.81. The molecule has 0 unspecified atom stereocenters. The van der Waals surface area contributed by atoms with Crippen LogP contribution in [0.3, 0.4) is 0 Å². The van der Waals surface area contributed by atoms with Gasteiger partial charge in [0.1, 0.15) is 11.9 Å². The smallest absolute Gasteiger partial charge is 0.349 e. The molecule has 0 aliphatic rings. The Morgan fingerprint density at radius 2 is 1.87 bits per heavy atom. The largest absolute Gasteiger partial charge is 0.478 e. The van der Waals surface area contributed by atoms with E-state index >= 15 is 0 Å². The fourth-order valence-corrected chi connectivity index (χ4v) is 1.07. The highest BCUT2D eigenvalue weighted by Gasteiger charge is 2.12. The summed E-state index contributed by atoms with van der Waals surface area (Å²) in [7, 11) is 0. The molecule has 0 aliphatic carbocycles. The van der Waals surface area contributed by atoms with Crippen molar-refractivity contribution in [2.45, 2.75) is 0 Å². The first-order chi connectivity index (χ1) is 7.15. The van der Waals surface area contributed by atoms with Crippen LogP contribution >= 0.6 is 11.9 Å². The summed E-state index contributed by atoms with van der Waals surface area (Å²) in [5.74, 6) is -2.14. The molecular weight excluding hydrogens is 220 g/mol. The van der Waals surface area contributed by atoms with Crippen molar-refractivity contribution in [2.75, 3.05) is 0 Å². The lowest BCUT2D eigenvalue weighted by Gasteiger charge is -2.00. The third-order valence-electron chi connectivity index (χ3n) is 1.65. The predicted octanol–water partition coefficient (Wildman–Crippen LogP) is 1.85. The van der Waals surface area contributed by atoms with Crippen molar-refractivity contribution < 1.29 is 19.0 Å². The van der Waals surface area contributed by atoms with Gasteiger partial charge >= 0.3 is 11.9 Å². The molecule has 0 fully saturated rings. The highest BCUT2D eigenvalue weighted by molar-refractivity contribution is 6.22. The van der Waals surface area contributed by atoms with E-state index < -0.39 is 11.9 Å². The summed E-state index contributed by atoms with van der Waals surface area (Å²) in [6, 6.07) is 8.21. The Kier molecular flexibility index (Phi) is 3.88. The first-order valence-corrected chi connectivity index (χ1v) is 4.29.